The van der Waals surface area contributed by atoms with E-state index in [2.05, 4.69) is 5.32 Å². The van der Waals surface area contributed by atoms with Gasteiger partial charge in [0, 0.05) is 5.69 Å². The zero-order chi connectivity index (χ0) is 17.7. The third-order valence-electron chi connectivity index (χ3n) is 4.37. The van der Waals surface area contributed by atoms with Gasteiger partial charge in [-0.3, -0.25) is 5.32 Å². The van der Waals surface area contributed by atoms with Gasteiger partial charge in [-0.15, -0.1) is 0 Å². The third kappa shape index (κ3) is 4.39. The van der Waals surface area contributed by atoms with Crippen LogP contribution in [0.2, 0.25) is 0 Å². The molecule has 2 aromatic carbocycles. The van der Waals surface area contributed by atoms with Crippen molar-refractivity contribution < 1.29 is 17.9 Å². The smallest absolute Gasteiger partial charge is 0.410 e. The molecule has 25 heavy (non-hydrogen) atoms. The molecule has 6 heteroatoms. The monoisotopic (exact) mass is 359 g/mol. The Bertz CT molecular complexity index is 810. The Morgan fingerprint density at radius 3 is 2.20 bits per heavy atom. The predicted molar refractivity (Wildman–Crippen MR) is 96.6 cm³/mol. The number of rotatable bonds is 4. The molecule has 0 unspecified atom stereocenters. The average molecular weight is 359 g/mol. The van der Waals surface area contributed by atoms with Gasteiger partial charge in [-0.1, -0.05) is 37.5 Å². The molecule has 1 amide bonds. The topological polar surface area (TPSA) is 72.5 Å². The molecule has 0 bridgehead atoms. The average Bonchev–Trinajstić information content (AvgIpc) is 2.63. The molecule has 2 aromatic rings. The number of benzene rings is 2. The standard InChI is InChI=1S/C19H21NO4S/c21-19(24-16-7-3-1-4-8-16)20-15-11-13-18(14-12-15)25(22,23)17-9-5-2-6-10-17/h1,3-4,7-8,11-14,17H,2,5-6,9-10H2,(H,20,21). The molecule has 1 aliphatic carbocycles. The van der Waals surface area contributed by atoms with E-state index in [1.54, 1.807) is 48.5 Å². The van der Waals surface area contributed by atoms with Crippen molar-refractivity contribution >= 4 is 21.6 Å². The van der Waals surface area contributed by atoms with Crippen molar-refractivity contribution in [2.45, 2.75) is 42.2 Å². The van der Waals surface area contributed by atoms with Crippen LogP contribution >= 0.6 is 0 Å². The summed E-state index contributed by atoms with van der Waals surface area (Å²) in [5.41, 5.74) is 0.489. The Hall–Kier alpha value is -2.34. The van der Waals surface area contributed by atoms with Gasteiger partial charge in [0.05, 0.1) is 10.1 Å². The lowest BCUT2D eigenvalue weighted by atomic mass is 10.0. The Morgan fingerprint density at radius 1 is 0.920 bits per heavy atom. The number of hydrogen-bond donors (Lipinski definition) is 1. The Morgan fingerprint density at radius 2 is 1.56 bits per heavy atom. The number of hydrogen-bond acceptors (Lipinski definition) is 4. The van der Waals surface area contributed by atoms with Gasteiger partial charge < -0.3 is 4.74 Å². The molecule has 0 aliphatic heterocycles. The molecule has 5 nitrogen and oxygen atoms in total. The first-order chi connectivity index (χ1) is 12.1. The zero-order valence-corrected chi connectivity index (χ0v) is 14.7. The van der Waals surface area contributed by atoms with Crippen LogP contribution in [0.1, 0.15) is 32.1 Å². The molecule has 1 aliphatic rings. The van der Waals surface area contributed by atoms with Crippen molar-refractivity contribution in [2.75, 3.05) is 5.32 Å². The number of para-hydroxylation sites is 1. The van der Waals surface area contributed by atoms with Crippen molar-refractivity contribution in [1.82, 2.24) is 0 Å². The lowest BCUT2D eigenvalue weighted by molar-refractivity contribution is 0.215. The summed E-state index contributed by atoms with van der Waals surface area (Å²) in [4.78, 5) is 12.2. The fourth-order valence-electron chi connectivity index (χ4n) is 3.03. The number of ether oxygens (including phenoxy) is 1. The van der Waals surface area contributed by atoms with Crippen molar-refractivity contribution in [3.05, 3.63) is 54.6 Å². The van der Waals surface area contributed by atoms with E-state index in [4.69, 9.17) is 4.74 Å². The van der Waals surface area contributed by atoms with Gasteiger partial charge in [0.15, 0.2) is 9.84 Å². The Kier molecular flexibility index (Phi) is 5.38. The molecule has 1 saturated carbocycles. The lowest BCUT2D eigenvalue weighted by Crippen LogP contribution is -2.24. The summed E-state index contributed by atoms with van der Waals surface area (Å²) in [7, 11) is -3.30. The molecule has 3 rings (SSSR count). The molecule has 1 N–H and O–H groups in total. The second-order valence-corrected chi connectivity index (χ2v) is 8.39. The van der Waals surface area contributed by atoms with Gasteiger partial charge in [-0.25, -0.2) is 13.2 Å². The second-order valence-electron chi connectivity index (χ2n) is 6.16. The number of carbonyl (C=O) groups is 1. The molecule has 0 atom stereocenters. The largest absolute Gasteiger partial charge is 0.417 e. The maximum absolute atomic E-state index is 12.6. The third-order valence-corrected chi connectivity index (χ3v) is 6.65. The van der Waals surface area contributed by atoms with E-state index in [-0.39, 0.29) is 5.25 Å². The van der Waals surface area contributed by atoms with Gasteiger partial charge in [-0.2, -0.15) is 0 Å². The molecular formula is C19H21NO4S. The highest BCUT2D eigenvalue weighted by Gasteiger charge is 2.28. The zero-order valence-electron chi connectivity index (χ0n) is 13.9. The molecule has 0 heterocycles. The summed E-state index contributed by atoms with van der Waals surface area (Å²) < 4.78 is 30.4. The second kappa shape index (κ2) is 7.70. The normalized spacial score (nSPS) is 15.5. The molecule has 0 saturated heterocycles. The van der Waals surface area contributed by atoms with Gasteiger partial charge in [0.25, 0.3) is 0 Å². The van der Waals surface area contributed by atoms with Crippen LogP contribution < -0.4 is 10.1 Å². The quantitative estimate of drug-likeness (QED) is 0.878. The first-order valence-electron chi connectivity index (χ1n) is 8.43. The Balaban J connectivity index is 1.64. The minimum absolute atomic E-state index is 0.289. The van der Waals surface area contributed by atoms with E-state index in [1.165, 1.54) is 0 Å². The van der Waals surface area contributed by atoms with Crippen LogP contribution in [-0.2, 0) is 9.84 Å². The van der Waals surface area contributed by atoms with Gasteiger partial charge in [0.2, 0.25) is 0 Å². The highest BCUT2D eigenvalue weighted by Crippen LogP contribution is 2.29. The van der Waals surface area contributed by atoms with Crippen LogP contribution in [0.25, 0.3) is 0 Å². The maximum atomic E-state index is 12.6. The van der Waals surface area contributed by atoms with Crippen molar-refractivity contribution in [1.29, 1.82) is 0 Å². The SMILES string of the molecule is O=C(Nc1ccc(S(=O)(=O)C2CCCCC2)cc1)Oc1ccccc1. The molecule has 0 spiro atoms. The number of sulfone groups is 1. The van der Waals surface area contributed by atoms with E-state index in [0.29, 0.717) is 16.3 Å². The summed E-state index contributed by atoms with van der Waals surface area (Å²) in [6, 6.07) is 15.0. The van der Waals surface area contributed by atoms with Crippen molar-refractivity contribution in [2.24, 2.45) is 0 Å². The summed E-state index contributed by atoms with van der Waals surface area (Å²) in [6.07, 6.45) is 3.88. The summed E-state index contributed by atoms with van der Waals surface area (Å²) in [5, 5.41) is 2.30. The minimum atomic E-state index is -3.30. The molecule has 132 valence electrons. The highest BCUT2D eigenvalue weighted by molar-refractivity contribution is 7.92. The van der Waals surface area contributed by atoms with Crippen LogP contribution in [0, 0.1) is 0 Å². The summed E-state index contributed by atoms with van der Waals surface area (Å²) in [6.45, 7) is 0. The number of carbonyl (C=O) groups excluding carboxylic acids is 1. The van der Waals surface area contributed by atoms with Crippen LogP contribution in [0.4, 0.5) is 10.5 Å². The van der Waals surface area contributed by atoms with Crippen LogP contribution in [0.3, 0.4) is 0 Å². The number of anilines is 1. The predicted octanol–water partition coefficient (Wildman–Crippen LogP) is 4.40. The van der Waals surface area contributed by atoms with Gasteiger partial charge in [-0.05, 0) is 49.2 Å². The molecular weight excluding hydrogens is 338 g/mol. The van der Waals surface area contributed by atoms with Crippen molar-refractivity contribution in [3.8, 4) is 5.75 Å². The fourth-order valence-corrected chi connectivity index (χ4v) is 4.89. The van der Waals surface area contributed by atoms with Gasteiger partial charge >= 0.3 is 6.09 Å². The summed E-state index contributed by atoms with van der Waals surface area (Å²) >= 11 is 0. The first kappa shape index (κ1) is 17.5. The van der Waals surface area contributed by atoms with Crippen LogP contribution in [-0.4, -0.2) is 19.8 Å². The lowest BCUT2D eigenvalue weighted by Gasteiger charge is -2.21. The fraction of sp³-hybridized carbons (Fsp3) is 0.316. The first-order valence-corrected chi connectivity index (χ1v) is 9.98. The van der Waals surface area contributed by atoms with E-state index < -0.39 is 15.9 Å². The molecule has 0 radical (unpaired) electrons. The molecule has 1 fully saturated rings. The van der Waals surface area contributed by atoms with Gasteiger partial charge in [0.1, 0.15) is 5.75 Å². The number of amides is 1. The van der Waals surface area contributed by atoms with Crippen molar-refractivity contribution in [3.63, 3.8) is 0 Å². The van der Waals surface area contributed by atoms with E-state index in [0.717, 1.165) is 32.1 Å². The van der Waals surface area contributed by atoms with E-state index in [1.807, 2.05) is 6.07 Å². The van der Waals surface area contributed by atoms with E-state index >= 15 is 0 Å². The minimum Gasteiger partial charge on any atom is -0.410 e. The maximum Gasteiger partial charge on any atom is 0.417 e. The summed E-state index contributed by atoms with van der Waals surface area (Å²) in [5.74, 6) is 0.441. The molecule has 0 aromatic heterocycles. The Labute approximate surface area is 147 Å². The van der Waals surface area contributed by atoms with E-state index in [9.17, 15) is 13.2 Å². The highest BCUT2D eigenvalue weighted by atomic mass is 32.2. The van der Waals surface area contributed by atoms with Crippen LogP contribution in [0.5, 0.6) is 5.75 Å². The number of nitrogens with one attached hydrogen (secondary N) is 1. The van der Waals surface area contributed by atoms with Crippen LogP contribution in [0.15, 0.2) is 59.5 Å².